The number of ether oxygens (including phenoxy) is 6. The predicted octanol–water partition coefficient (Wildman–Crippen LogP) is 10.4. The molecule has 3 aromatic carbocycles. The number of nitrogens with one attached hydrogen (secondary N) is 1. The molecule has 2 heterocycles. The number of aryl methyl sites for hydroxylation is 1. The van der Waals surface area contributed by atoms with Gasteiger partial charge in [-0.05, 0) is 146 Å². The van der Waals surface area contributed by atoms with Gasteiger partial charge in [0.1, 0.15) is 23.1 Å². The van der Waals surface area contributed by atoms with Crippen LogP contribution in [0.15, 0.2) is 72.9 Å². The second-order valence-electron chi connectivity index (χ2n) is 17.4. The predicted molar refractivity (Wildman–Crippen MR) is 230 cm³/mol. The fraction of sp³-hybridized carbons (Fsp3) is 0.510. The van der Waals surface area contributed by atoms with Crippen molar-refractivity contribution >= 4 is 23.3 Å². The summed E-state index contributed by atoms with van der Waals surface area (Å²) < 4.78 is 36.7. The van der Waals surface area contributed by atoms with Gasteiger partial charge in [-0.15, -0.1) is 0 Å². The smallest absolute Gasteiger partial charge is 0.331 e. The van der Waals surface area contributed by atoms with Crippen LogP contribution >= 0.6 is 11.6 Å². The molecule has 4 aliphatic rings. The van der Waals surface area contributed by atoms with Gasteiger partial charge in [-0.25, -0.2) is 4.79 Å². The third-order valence-corrected chi connectivity index (χ3v) is 13.8. The van der Waals surface area contributed by atoms with Crippen LogP contribution in [-0.2, 0) is 39.1 Å². The van der Waals surface area contributed by atoms with Gasteiger partial charge in [0.05, 0.1) is 40.6 Å². The lowest BCUT2D eigenvalue weighted by atomic mass is 9.59. The summed E-state index contributed by atoms with van der Waals surface area (Å²) in [7, 11) is 3.16. The SMILES string of the molecule is COc1ccc(COCCC2CCOc3cc4c(cc3O2)[C@]2(CC[C@@](Nc3cccc(Cl)c3)(C(=O)OC)CC2)[C@@H](C[C@@H](C)COc2ccnc3c2[C@H](C)CCC3)C4)cc1. The van der Waals surface area contributed by atoms with Gasteiger partial charge < -0.3 is 33.7 Å². The maximum absolute atomic E-state index is 13.7. The number of fused-ring (bicyclic) bond motifs is 4. The Kier molecular flexibility index (Phi) is 12.6. The zero-order valence-corrected chi connectivity index (χ0v) is 35.8. The molecule has 1 unspecified atom stereocenters. The van der Waals surface area contributed by atoms with Crippen LogP contribution in [0.25, 0.3) is 0 Å². The number of nitrogens with zero attached hydrogens (tertiary/aromatic N) is 1. The molecule has 10 heteroatoms. The molecule has 1 saturated carbocycles. The lowest BCUT2D eigenvalue weighted by Crippen LogP contribution is -2.53. The number of aromatic nitrogens is 1. The molecular weight excluding hydrogens is 764 g/mol. The molecule has 0 saturated heterocycles. The molecule has 1 N–H and O–H groups in total. The molecule has 0 radical (unpaired) electrons. The summed E-state index contributed by atoms with van der Waals surface area (Å²) in [5.74, 6) is 4.30. The van der Waals surface area contributed by atoms with Crippen LogP contribution < -0.4 is 24.3 Å². The number of hydrogen-bond acceptors (Lipinski definition) is 9. The second kappa shape index (κ2) is 18.0. The normalized spacial score (nSPS) is 25.0. The van der Waals surface area contributed by atoms with Gasteiger partial charge in [-0.3, -0.25) is 4.98 Å². The van der Waals surface area contributed by atoms with Crippen molar-refractivity contribution in [2.75, 3.05) is 39.4 Å². The second-order valence-corrected chi connectivity index (χ2v) is 17.8. The lowest BCUT2D eigenvalue weighted by molar-refractivity contribution is -0.148. The summed E-state index contributed by atoms with van der Waals surface area (Å²) in [6.45, 7) is 6.96. The average molecular weight is 823 g/mol. The van der Waals surface area contributed by atoms with E-state index in [1.165, 1.54) is 42.3 Å². The van der Waals surface area contributed by atoms with E-state index in [1.54, 1.807) is 7.11 Å². The minimum atomic E-state index is -0.869. The molecule has 4 atom stereocenters. The van der Waals surface area contributed by atoms with E-state index in [-0.39, 0.29) is 17.5 Å². The summed E-state index contributed by atoms with van der Waals surface area (Å²) in [6, 6.07) is 22.1. The molecular formula is C49H59ClN2O7. The first kappa shape index (κ1) is 41.3. The molecule has 8 rings (SSSR count). The first-order chi connectivity index (χ1) is 28.7. The highest BCUT2D eigenvalue weighted by Gasteiger charge is 2.55. The largest absolute Gasteiger partial charge is 0.497 e. The van der Waals surface area contributed by atoms with Crippen LogP contribution in [0.1, 0.15) is 106 Å². The summed E-state index contributed by atoms with van der Waals surface area (Å²) in [5, 5.41) is 4.22. The van der Waals surface area contributed by atoms with E-state index in [0.29, 0.717) is 62.0 Å². The fourth-order valence-corrected chi connectivity index (χ4v) is 10.6. The van der Waals surface area contributed by atoms with Gasteiger partial charge in [0.15, 0.2) is 11.5 Å². The van der Waals surface area contributed by atoms with Gasteiger partial charge in [-0.2, -0.15) is 0 Å². The number of pyridine rings is 1. The minimum absolute atomic E-state index is 0.0302. The standard InChI is InChI=1S/C49H59ClN2O7/c1-32(30-58-43-15-22-51-42-10-5-7-33(2)46(42)43)25-36-26-35-27-44-45(59-40(17-24-57-44)16-23-56-31-34-11-13-39(54-3)14-12-34)29-41(35)48(36)18-20-49(21-19-48,47(53)55-4)52-38-9-6-8-37(50)28-38/h6,8-9,11-15,22,27-29,32-33,36,40,52H,5,7,10,16-21,23-26,30-31H2,1-4H3/t32-,33-,36+,40?,48-,49-/m1/s1. The summed E-state index contributed by atoms with van der Waals surface area (Å²) in [6.07, 6.45) is 11.6. The van der Waals surface area contributed by atoms with Gasteiger partial charge in [0.2, 0.25) is 0 Å². The summed E-state index contributed by atoms with van der Waals surface area (Å²) in [5.41, 5.74) is 6.01. The van der Waals surface area contributed by atoms with Crippen molar-refractivity contribution in [3.8, 4) is 23.0 Å². The van der Waals surface area contributed by atoms with Crippen molar-refractivity contribution in [2.24, 2.45) is 11.8 Å². The average Bonchev–Trinajstić information content (AvgIpc) is 3.37. The maximum Gasteiger partial charge on any atom is 0.331 e. The number of rotatable bonds is 14. The molecule has 0 bridgehead atoms. The summed E-state index contributed by atoms with van der Waals surface area (Å²) >= 11 is 6.40. The molecule has 314 valence electrons. The molecule has 1 aliphatic heterocycles. The Morgan fingerprint density at radius 2 is 1.85 bits per heavy atom. The van der Waals surface area contributed by atoms with Crippen LogP contribution in [0.4, 0.5) is 5.69 Å². The van der Waals surface area contributed by atoms with Crippen molar-refractivity contribution in [1.29, 1.82) is 0 Å². The van der Waals surface area contributed by atoms with E-state index in [1.807, 2.05) is 60.8 Å². The molecule has 9 nitrogen and oxygen atoms in total. The number of esters is 1. The number of halogens is 1. The number of benzene rings is 3. The quantitative estimate of drug-likeness (QED) is 0.0985. The highest BCUT2D eigenvalue weighted by molar-refractivity contribution is 6.30. The van der Waals surface area contributed by atoms with E-state index < -0.39 is 5.54 Å². The number of carbonyl (C=O) groups is 1. The Morgan fingerprint density at radius 3 is 2.63 bits per heavy atom. The van der Waals surface area contributed by atoms with Crippen molar-refractivity contribution < 1.29 is 33.2 Å². The van der Waals surface area contributed by atoms with Gasteiger partial charge in [0, 0.05) is 41.0 Å². The van der Waals surface area contributed by atoms with Crippen LogP contribution in [0.3, 0.4) is 0 Å². The van der Waals surface area contributed by atoms with Crippen molar-refractivity contribution in [2.45, 2.75) is 114 Å². The summed E-state index contributed by atoms with van der Waals surface area (Å²) in [4.78, 5) is 18.4. The van der Waals surface area contributed by atoms with E-state index >= 15 is 0 Å². The third kappa shape index (κ3) is 8.88. The topological polar surface area (TPSA) is 97.4 Å². The van der Waals surface area contributed by atoms with Crippen molar-refractivity contribution in [1.82, 2.24) is 4.98 Å². The van der Waals surface area contributed by atoms with Crippen molar-refractivity contribution in [3.63, 3.8) is 0 Å². The Balaban J connectivity index is 1.02. The van der Waals surface area contributed by atoms with E-state index in [0.717, 1.165) is 79.2 Å². The maximum atomic E-state index is 13.7. The monoisotopic (exact) mass is 822 g/mol. The molecule has 59 heavy (non-hydrogen) atoms. The van der Waals surface area contributed by atoms with Crippen LogP contribution in [0.2, 0.25) is 5.02 Å². The molecule has 3 aliphatic carbocycles. The molecule has 4 aromatic rings. The first-order valence-corrected chi connectivity index (χ1v) is 22.0. The Morgan fingerprint density at radius 1 is 1.02 bits per heavy atom. The zero-order chi connectivity index (χ0) is 41.0. The van der Waals surface area contributed by atoms with Crippen molar-refractivity contribution in [3.05, 3.63) is 106 Å². The molecule has 1 spiro atoms. The molecule has 0 amide bonds. The number of methoxy groups -OCH3 is 2. The minimum Gasteiger partial charge on any atom is -0.497 e. The van der Waals surface area contributed by atoms with Gasteiger partial charge in [0.25, 0.3) is 0 Å². The highest BCUT2D eigenvalue weighted by atomic mass is 35.5. The molecule has 1 aromatic heterocycles. The van der Waals surface area contributed by atoms with E-state index in [9.17, 15) is 4.79 Å². The first-order valence-electron chi connectivity index (χ1n) is 21.6. The van der Waals surface area contributed by atoms with Gasteiger partial charge in [-0.1, -0.05) is 43.6 Å². The number of hydrogen-bond donors (Lipinski definition) is 1. The zero-order valence-electron chi connectivity index (χ0n) is 35.0. The van der Waals surface area contributed by atoms with Crippen LogP contribution in [-0.4, -0.2) is 56.6 Å². The molecule has 1 fully saturated rings. The van der Waals surface area contributed by atoms with Crippen LogP contribution in [0, 0.1) is 11.8 Å². The van der Waals surface area contributed by atoms with Gasteiger partial charge >= 0.3 is 5.97 Å². The highest BCUT2D eigenvalue weighted by Crippen LogP contribution is 2.58. The lowest BCUT2D eigenvalue weighted by Gasteiger charge is -2.47. The van der Waals surface area contributed by atoms with E-state index in [4.69, 9.17) is 45.0 Å². The van der Waals surface area contributed by atoms with E-state index in [2.05, 4.69) is 31.3 Å². The number of carbonyl (C=O) groups excluding carboxylic acids is 1. The Hall–Kier alpha value is -4.47. The number of anilines is 1. The Labute approximate surface area is 354 Å². The third-order valence-electron chi connectivity index (χ3n) is 13.5. The van der Waals surface area contributed by atoms with Crippen LogP contribution in [0.5, 0.6) is 23.0 Å². The fourth-order valence-electron chi connectivity index (χ4n) is 10.4. The Bertz CT molecular complexity index is 2080.